The molecule has 0 bridgehead atoms. The van der Waals surface area contributed by atoms with Gasteiger partial charge >= 0.3 is 0 Å². The number of nitrogens with one attached hydrogen (secondary N) is 1. The molecule has 1 atom stereocenters. The van der Waals surface area contributed by atoms with Gasteiger partial charge in [0.15, 0.2) is 0 Å². The molecule has 0 aromatic carbocycles. The fraction of sp³-hybridized carbons (Fsp3) is 0.800. The highest BCUT2D eigenvalue weighted by Gasteiger charge is 2.28. The van der Waals surface area contributed by atoms with Crippen molar-refractivity contribution in [2.24, 2.45) is 0 Å². The first kappa shape index (κ1) is 11.7. The molecule has 0 amide bonds. The minimum atomic E-state index is 0.123. The lowest BCUT2D eigenvalue weighted by Gasteiger charge is -2.39. The van der Waals surface area contributed by atoms with Crippen molar-refractivity contribution >= 4 is 0 Å². The van der Waals surface area contributed by atoms with Gasteiger partial charge in [0.2, 0.25) is 0 Å². The molecule has 0 aromatic heterocycles. The minimum Gasteiger partial charge on any atom is -0.309 e. The Labute approximate surface area is 76.6 Å². The molecule has 0 aliphatic carbocycles. The lowest BCUT2D eigenvalue weighted by atomic mass is 9.93. The van der Waals surface area contributed by atoms with Gasteiger partial charge in [0.05, 0.1) is 0 Å². The number of hydrogen-bond acceptors (Lipinski definition) is 2. The number of likely N-dealkylation sites (N-methyl/N-ethyl adjacent to an activating group) is 2. The van der Waals surface area contributed by atoms with Crippen LogP contribution in [0.25, 0.3) is 0 Å². The maximum absolute atomic E-state index is 3.84. The van der Waals surface area contributed by atoms with E-state index in [-0.39, 0.29) is 5.54 Å². The second-order valence-electron chi connectivity index (χ2n) is 3.82. The third-order valence-electron chi connectivity index (χ3n) is 2.57. The van der Waals surface area contributed by atoms with Gasteiger partial charge in [-0.25, -0.2) is 0 Å². The average Bonchev–Trinajstić information content (AvgIpc) is 1.99. The van der Waals surface area contributed by atoms with Crippen LogP contribution in [-0.2, 0) is 0 Å². The quantitative estimate of drug-likeness (QED) is 0.629. The lowest BCUT2D eigenvalue weighted by Crippen LogP contribution is -2.54. The van der Waals surface area contributed by atoms with Crippen LogP contribution in [0.1, 0.15) is 20.8 Å². The maximum atomic E-state index is 3.84. The highest BCUT2D eigenvalue weighted by molar-refractivity contribution is 5.01. The Kier molecular flexibility index (Phi) is 4.50. The Hall–Kier alpha value is -0.340. The molecule has 0 saturated carbocycles. The van der Waals surface area contributed by atoms with Crippen molar-refractivity contribution in [2.75, 3.05) is 20.6 Å². The van der Waals surface area contributed by atoms with Crippen molar-refractivity contribution in [3.63, 3.8) is 0 Å². The summed E-state index contributed by atoms with van der Waals surface area (Å²) in [5.41, 5.74) is 0.123. The molecule has 0 spiro atoms. The van der Waals surface area contributed by atoms with Crippen molar-refractivity contribution in [1.82, 2.24) is 10.2 Å². The zero-order chi connectivity index (χ0) is 9.78. The Morgan fingerprint density at radius 1 is 1.50 bits per heavy atom. The summed E-state index contributed by atoms with van der Waals surface area (Å²) in [4.78, 5) is 2.21. The van der Waals surface area contributed by atoms with E-state index in [1.807, 2.05) is 6.08 Å². The Morgan fingerprint density at radius 3 is 2.25 bits per heavy atom. The van der Waals surface area contributed by atoms with Crippen molar-refractivity contribution in [3.05, 3.63) is 12.7 Å². The summed E-state index contributed by atoms with van der Waals surface area (Å²) in [6.45, 7) is 11.4. The van der Waals surface area contributed by atoms with Crippen LogP contribution in [-0.4, -0.2) is 37.1 Å². The molecular weight excluding hydrogens is 148 g/mol. The summed E-state index contributed by atoms with van der Waals surface area (Å²) in [5, 5.41) is 3.39. The molecule has 72 valence electrons. The SMILES string of the molecule is C=CC(NCC)C(C)(C)N(C)C. The van der Waals surface area contributed by atoms with Crippen molar-refractivity contribution in [3.8, 4) is 0 Å². The monoisotopic (exact) mass is 170 g/mol. The zero-order valence-electron chi connectivity index (χ0n) is 9.02. The molecule has 12 heavy (non-hydrogen) atoms. The Bertz CT molecular complexity index is 139. The number of rotatable bonds is 5. The van der Waals surface area contributed by atoms with Gasteiger partial charge < -0.3 is 10.2 Å². The van der Waals surface area contributed by atoms with E-state index in [0.29, 0.717) is 6.04 Å². The van der Waals surface area contributed by atoms with Gasteiger partial charge in [-0.2, -0.15) is 0 Å². The zero-order valence-corrected chi connectivity index (χ0v) is 9.02. The first-order chi connectivity index (χ1) is 5.46. The van der Waals surface area contributed by atoms with Gasteiger partial charge in [-0.15, -0.1) is 6.58 Å². The number of hydrogen-bond donors (Lipinski definition) is 1. The van der Waals surface area contributed by atoms with E-state index in [0.717, 1.165) is 6.54 Å². The van der Waals surface area contributed by atoms with Gasteiger partial charge in [-0.05, 0) is 34.5 Å². The third kappa shape index (κ3) is 2.61. The average molecular weight is 170 g/mol. The van der Waals surface area contributed by atoms with Gasteiger partial charge in [0.25, 0.3) is 0 Å². The first-order valence-corrected chi connectivity index (χ1v) is 4.50. The van der Waals surface area contributed by atoms with Crippen LogP contribution in [0.4, 0.5) is 0 Å². The van der Waals surface area contributed by atoms with Crippen LogP contribution in [0.2, 0.25) is 0 Å². The van der Waals surface area contributed by atoms with E-state index in [2.05, 4.69) is 51.7 Å². The standard InChI is InChI=1S/C10H22N2/c1-7-9(11-8-2)10(3,4)12(5)6/h7,9,11H,1,8H2,2-6H3. The molecule has 0 aliphatic heterocycles. The van der Waals surface area contributed by atoms with E-state index in [1.165, 1.54) is 0 Å². The largest absolute Gasteiger partial charge is 0.309 e. The molecule has 2 heteroatoms. The van der Waals surface area contributed by atoms with Crippen molar-refractivity contribution in [2.45, 2.75) is 32.4 Å². The van der Waals surface area contributed by atoms with E-state index < -0.39 is 0 Å². The summed E-state index contributed by atoms with van der Waals surface area (Å²) in [6.07, 6.45) is 1.98. The van der Waals surface area contributed by atoms with Crippen LogP contribution >= 0.6 is 0 Å². The van der Waals surface area contributed by atoms with Gasteiger partial charge in [-0.1, -0.05) is 13.0 Å². The molecule has 0 radical (unpaired) electrons. The summed E-state index contributed by atoms with van der Waals surface area (Å²) < 4.78 is 0. The summed E-state index contributed by atoms with van der Waals surface area (Å²) in [7, 11) is 4.18. The summed E-state index contributed by atoms with van der Waals surface area (Å²) in [5.74, 6) is 0. The number of nitrogens with zero attached hydrogens (tertiary/aromatic N) is 1. The Balaban J connectivity index is 4.35. The van der Waals surface area contributed by atoms with Gasteiger partial charge in [0, 0.05) is 11.6 Å². The summed E-state index contributed by atoms with van der Waals surface area (Å²) >= 11 is 0. The van der Waals surface area contributed by atoms with E-state index >= 15 is 0 Å². The van der Waals surface area contributed by atoms with E-state index in [1.54, 1.807) is 0 Å². The van der Waals surface area contributed by atoms with Crippen LogP contribution in [0, 0.1) is 0 Å². The minimum absolute atomic E-state index is 0.123. The van der Waals surface area contributed by atoms with E-state index in [9.17, 15) is 0 Å². The predicted octanol–water partition coefficient (Wildman–Crippen LogP) is 1.49. The van der Waals surface area contributed by atoms with Gasteiger partial charge in [-0.3, -0.25) is 0 Å². The molecule has 1 unspecified atom stereocenters. The van der Waals surface area contributed by atoms with Crippen LogP contribution in [0.3, 0.4) is 0 Å². The lowest BCUT2D eigenvalue weighted by molar-refractivity contribution is 0.160. The normalized spacial score (nSPS) is 14.8. The maximum Gasteiger partial charge on any atom is 0.0428 e. The smallest absolute Gasteiger partial charge is 0.0428 e. The van der Waals surface area contributed by atoms with Crippen LogP contribution in [0.15, 0.2) is 12.7 Å². The third-order valence-corrected chi connectivity index (χ3v) is 2.57. The fourth-order valence-corrected chi connectivity index (χ4v) is 1.12. The second-order valence-corrected chi connectivity index (χ2v) is 3.82. The summed E-state index contributed by atoms with van der Waals surface area (Å²) in [6, 6.07) is 0.345. The molecule has 0 aromatic rings. The molecule has 0 aliphatic rings. The Morgan fingerprint density at radius 2 is 2.00 bits per heavy atom. The first-order valence-electron chi connectivity index (χ1n) is 4.50. The molecule has 0 rings (SSSR count). The highest BCUT2D eigenvalue weighted by Crippen LogP contribution is 2.16. The van der Waals surface area contributed by atoms with Gasteiger partial charge in [0.1, 0.15) is 0 Å². The van der Waals surface area contributed by atoms with Crippen molar-refractivity contribution in [1.29, 1.82) is 0 Å². The molecule has 0 fully saturated rings. The highest BCUT2D eigenvalue weighted by atomic mass is 15.2. The molecule has 2 nitrogen and oxygen atoms in total. The topological polar surface area (TPSA) is 15.3 Å². The van der Waals surface area contributed by atoms with E-state index in [4.69, 9.17) is 0 Å². The van der Waals surface area contributed by atoms with Crippen LogP contribution in [0.5, 0.6) is 0 Å². The predicted molar refractivity (Wildman–Crippen MR) is 55.4 cm³/mol. The van der Waals surface area contributed by atoms with Crippen LogP contribution < -0.4 is 5.32 Å². The molecule has 0 saturated heterocycles. The molecular formula is C10H22N2. The molecule has 1 N–H and O–H groups in total. The van der Waals surface area contributed by atoms with Crippen molar-refractivity contribution < 1.29 is 0 Å². The molecule has 0 heterocycles. The fourth-order valence-electron chi connectivity index (χ4n) is 1.12. The second kappa shape index (κ2) is 4.63.